The first-order chi connectivity index (χ1) is 8.79. The van der Waals surface area contributed by atoms with E-state index in [1.54, 1.807) is 11.3 Å². The molecule has 0 saturated carbocycles. The quantitative estimate of drug-likeness (QED) is 0.776. The van der Waals surface area contributed by atoms with Crippen LogP contribution in [0.15, 0.2) is 11.4 Å². The van der Waals surface area contributed by atoms with E-state index in [9.17, 15) is 0 Å². The predicted octanol–water partition coefficient (Wildman–Crippen LogP) is 4.11. The van der Waals surface area contributed by atoms with Crippen LogP contribution in [0.4, 0.5) is 5.82 Å². The van der Waals surface area contributed by atoms with Crippen LogP contribution in [0.5, 0.6) is 0 Å². The Balaban J connectivity index is 2.08. The molecule has 5 heteroatoms. The van der Waals surface area contributed by atoms with Crippen LogP contribution in [0.1, 0.15) is 32.6 Å². The third-order valence-corrected chi connectivity index (χ3v) is 4.62. The zero-order valence-corrected chi connectivity index (χ0v) is 12.0. The maximum atomic E-state index is 6.05. The van der Waals surface area contributed by atoms with Gasteiger partial charge in [-0.2, -0.15) is 4.98 Å². The second kappa shape index (κ2) is 5.02. The maximum Gasteiger partial charge on any atom is 0.225 e. The fourth-order valence-corrected chi connectivity index (χ4v) is 3.71. The average molecular weight is 282 g/mol. The summed E-state index contributed by atoms with van der Waals surface area (Å²) in [7, 11) is 0. The Kier molecular flexibility index (Phi) is 3.39. The lowest BCUT2D eigenvalue weighted by atomic mass is 10.00. The first-order valence-electron chi connectivity index (χ1n) is 6.47. The fraction of sp³-hybridized carbons (Fsp3) is 0.538. The van der Waals surface area contributed by atoms with Gasteiger partial charge in [0.2, 0.25) is 5.28 Å². The zero-order valence-electron chi connectivity index (χ0n) is 10.4. The summed E-state index contributed by atoms with van der Waals surface area (Å²) in [5.41, 5.74) is 0. The van der Waals surface area contributed by atoms with Crippen molar-refractivity contribution < 1.29 is 0 Å². The van der Waals surface area contributed by atoms with Crippen molar-refractivity contribution >= 4 is 39.0 Å². The Bertz CT molecular complexity index is 554. The van der Waals surface area contributed by atoms with Crippen molar-refractivity contribution in [2.75, 3.05) is 11.4 Å². The molecule has 1 saturated heterocycles. The zero-order chi connectivity index (χ0) is 12.5. The largest absolute Gasteiger partial charge is 0.353 e. The van der Waals surface area contributed by atoms with Gasteiger partial charge in [-0.25, -0.2) is 4.98 Å². The Morgan fingerprint density at radius 2 is 2.33 bits per heavy atom. The van der Waals surface area contributed by atoms with Gasteiger partial charge < -0.3 is 4.90 Å². The molecule has 1 aliphatic heterocycles. The van der Waals surface area contributed by atoms with Crippen molar-refractivity contribution in [1.82, 2.24) is 9.97 Å². The van der Waals surface area contributed by atoms with E-state index in [4.69, 9.17) is 11.6 Å². The van der Waals surface area contributed by atoms with E-state index < -0.39 is 0 Å². The van der Waals surface area contributed by atoms with Gasteiger partial charge in [0.05, 0.1) is 5.39 Å². The maximum absolute atomic E-state index is 6.05. The van der Waals surface area contributed by atoms with Gasteiger partial charge in [0.1, 0.15) is 10.6 Å². The average Bonchev–Trinajstić information content (AvgIpc) is 2.85. The second-order valence-electron chi connectivity index (χ2n) is 4.71. The highest BCUT2D eigenvalue weighted by atomic mass is 35.5. The fourth-order valence-electron chi connectivity index (χ4n) is 2.74. The lowest BCUT2D eigenvalue weighted by Gasteiger charge is -2.36. The van der Waals surface area contributed by atoms with Crippen LogP contribution in [0.2, 0.25) is 5.28 Å². The molecular formula is C13H16ClN3S. The first kappa shape index (κ1) is 12.2. The molecule has 3 rings (SSSR count). The molecule has 2 aromatic rings. The van der Waals surface area contributed by atoms with Gasteiger partial charge in [-0.15, -0.1) is 11.3 Å². The van der Waals surface area contributed by atoms with Crippen molar-refractivity contribution in [3.8, 4) is 0 Å². The minimum atomic E-state index is 0.361. The van der Waals surface area contributed by atoms with Crippen molar-refractivity contribution in [2.45, 2.75) is 38.6 Å². The number of anilines is 1. The molecule has 0 aromatic carbocycles. The molecule has 0 N–H and O–H groups in total. The second-order valence-corrected chi connectivity index (χ2v) is 5.94. The number of nitrogens with zero attached hydrogens (tertiary/aromatic N) is 3. The van der Waals surface area contributed by atoms with Crippen LogP contribution in [0, 0.1) is 0 Å². The number of rotatable bonds is 2. The Morgan fingerprint density at radius 3 is 3.17 bits per heavy atom. The number of piperidine rings is 1. The summed E-state index contributed by atoms with van der Waals surface area (Å²) in [6.45, 7) is 3.33. The van der Waals surface area contributed by atoms with Crippen LogP contribution in [0.3, 0.4) is 0 Å². The van der Waals surface area contributed by atoms with Crippen molar-refractivity contribution in [1.29, 1.82) is 0 Å². The van der Waals surface area contributed by atoms with E-state index in [0.717, 1.165) is 29.0 Å². The highest BCUT2D eigenvalue weighted by Gasteiger charge is 2.24. The summed E-state index contributed by atoms with van der Waals surface area (Å²) < 4.78 is 0. The van der Waals surface area contributed by atoms with E-state index in [0.29, 0.717) is 11.3 Å². The van der Waals surface area contributed by atoms with E-state index in [2.05, 4.69) is 33.2 Å². The van der Waals surface area contributed by atoms with Crippen LogP contribution in [-0.4, -0.2) is 22.6 Å². The highest BCUT2D eigenvalue weighted by Crippen LogP contribution is 2.33. The van der Waals surface area contributed by atoms with Crippen molar-refractivity contribution in [3.63, 3.8) is 0 Å². The summed E-state index contributed by atoms with van der Waals surface area (Å²) in [5, 5.41) is 3.56. The minimum absolute atomic E-state index is 0.361. The lowest BCUT2D eigenvalue weighted by Crippen LogP contribution is -2.39. The molecule has 0 aliphatic carbocycles. The molecule has 1 fully saturated rings. The predicted molar refractivity (Wildman–Crippen MR) is 77.7 cm³/mol. The Hall–Kier alpha value is -0.870. The summed E-state index contributed by atoms with van der Waals surface area (Å²) in [6, 6.07) is 2.69. The smallest absolute Gasteiger partial charge is 0.225 e. The molecule has 0 amide bonds. The van der Waals surface area contributed by atoms with Crippen LogP contribution < -0.4 is 4.90 Å². The molecule has 18 heavy (non-hydrogen) atoms. The molecule has 0 bridgehead atoms. The molecule has 1 atom stereocenters. The van der Waals surface area contributed by atoms with Gasteiger partial charge in [-0.1, -0.05) is 6.92 Å². The van der Waals surface area contributed by atoms with Gasteiger partial charge in [-0.05, 0) is 48.7 Å². The van der Waals surface area contributed by atoms with Crippen molar-refractivity contribution in [3.05, 3.63) is 16.7 Å². The number of hydrogen-bond donors (Lipinski definition) is 0. The molecule has 2 aromatic heterocycles. The summed E-state index contributed by atoms with van der Waals surface area (Å²) in [5.74, 6) is 1.03. The van der Waals surface area contributed by atoms with E-state index in [-0.39, 0.29) is 0 Å². The number of aromatic nitrogens is 2. The van der Waals surface area contributed by atoms with E-state index >= 15 is 0 Å². The Labute approximate surface area is 116 Å². The number of halogens is 1. The van der Waals surface area contributed by atoms with Gasteiger partial charge in [0.15, 0.2) is 0 Å². The summed E-state index contributed by atoms with van der Waals surface area (Å²) in [4.78, 5) is 12.2. The standard InChI is InChI=1S/C13H16ClN3S/c1-2-9-5-3-4-7-17(9)11-10-6-8-18-12(10)16-13(14)15-11/h6,8-9H,2-5,7H2,1H3. The number of hydrogen-bond acceptors (Lipinski definition) is 4. The molecule has 3 nitrogen and oxygen atoms in total. The summed E-state index contributed by atoms with van der Waals surface area (Å²) >= 11 is 7.67. The van der Waals surface area contributed by atoms with Gasteiger partial charge in [0.25, 0.3) is 0 Å². The molecule has 96 valence electrons. The molecular weight excluding hydrogens is 266 g/mol. The van der Waals surface area contributed by atoms with Crippen LogP contribution >= 0.6 is 22.9 Å². The lowest BCUT2D eigenvalue weighted by molar-refractivity contribution is 0.448. The van der Waals surface area contributed by atoms with Crippen molar-refractivity contribution in [2.24, 2.45) is 0 Å². The van der Waals surface area contributed by atoms with E-state index in [1.807, 2.05) is 0 Å². The third-order valence-electron chi connectivity index (χ3n) is 3.65. The monoisotopic (exact) mass is 281 g/mol. The normalized spacial score (nSPS) is 20.6. The first-order valence-corrected chi connectivity index (χ1v) is 7.72. The number of thiophene rings is 1. The summed E-state index contributed by atoms with van der Waals surface area (Å²) in [6.07, 6.45) is 4.97. The van der Waals surface area contributed by atoms with Gasteiger partial charge in [0, 0.05) is 12.6 Å². The molecule has 0 radical (unpaired) electrons. The molecule has 3 heterocycles. The topological polar surface area (TPSA) is 29.0 Å². The SMILES string of the molecule is CCC1CCCCN1c1nc(Cl)nc2sccc12. The molecule has 1 unspecified atom stereocenters. The van der Waals surface area contributed by atoms with Crippen LogP contribution in [0.25, 0.3) is 10.2 Å². The molecule has 0 spiro atoms. The van der Waals surface area contributed by atoms with Gasteiger partial charge in [-0.3, -0.25) is 0 Å². The number of fused-ring (bicyclic) bond motifs is 1. The minimum Gasteiger partial charge on any atom is -0.353 e. The van der Waals surface area contributed by atoms with Gasteiger partial charge >= 0.3 is 0 Å². The highest BCUT2D eigenvalue weighted by molar-refractivity contribution is 7.16. The third kappa shape index (κ3) is 2.08. The van der Waals surface area contributed by atoms with E-state index in [1.165, 1.54) is 19.3 Å². The van der Waals surface area contributed by atoms with Crippen LogP contribution in [-0.2, 0) is 0 Å². The molecule has 1 aliphatic rings. The Morgan fingerprint density at radius 1 is 1.44 bits per heavy atom.